The Bertz CT molecular complexity index is 406. The molecule has 0 fully saturated rings. The van der Waals surface area contributed by atoms with Gasteiger partial charge in [0.15, 0.2) is 0 Å². The summed E-state index contributed by atoms with van der Waals surface area (Å²) in [5, 5.41) is 0. The number of carbonyl (C=O) groups excluding carboxylic acids is 1. The number of rotatable bonds is 27. The predicted octanol–water partition coefficient (Wildman–Crippen LogP) is 11.3. The summed E-state index contributed by atoms with van der Waals surface area (Å²) in [7, 11) is 0. The van der Waals surface area contributed by atoms with Crippen LogP contribution in [-0.2, 0) is 9.53 Å². The Balaban J connectivity index is 3.38. The minimum absolute atomic E-state index is 0.112. The van der Waals surface area contributed by atoms with Crippen LogP contribution in [0.4, 0.5) is 0 Å². The van der Waals surface area contributed by atoms with Crippen LogP contribution in [0, 0.1) is 5.92 Å². The lowest BCUT2D eigenvalue weighted by molar-refractivity contribution is -0.147. The molecule has 0 aromatic heterocycles. The number of hydrogen-bond acceptors (Lipinski definition) is 2. The molecule has 0 radical (unpaired) electrons. The van der Waals surface area contributed by atoms with Crippen molar-refractivity contribution >= 4 is 5.97 Å². The molecule has 0 aliphatic heterocycles. The van der Waals surface area contributed by atoms with E-state index in [2.05, 4.69) is 20.8 Å². The van der Waals surface area contributed by atoms with E-state index in [1.165, 1.54) is 148 Å². The molecule has 2 atom stereocenters. The highest BCUT2D eigenvalue weighted by Crippen LogP contribution is 2.20. The first-order chi connectivity index (χ1) is 16.6. The second-order valence-electron chi connectivity index (χ2n) is 11.2. The topological polar surface area (TPSA) is 26.3 Å². The Labute approximate surface area is 215 Å². The van der Waals surface area contributed by atoms with Crippen molar-refractivity contribution < 1.29 is 9.53 Å². The van der Waals surface area contributed by atoms with Gasteiger partial charge in [-0.25, -0.2) is 0 Å². The third-order valence-corrected chi connectivity index (χ3v) is 7.49. The molecule has 0 saturated heterocycles. The molecule has 1 unspecified atom stereocenters. The van der Waals surface area contributed by atoms with Crippen LogP contribution in [-0.4, -0.2) is 12.1 Å². The monoisotopic (exact) mass is 480 g/mol. The molecule has 0 aromatic rings. The Morgan fingerprint density at radius 1 is 0.500 bits per heavy atom. The summed E-state index contributed by atoms with van der Waals surface area (Å²) in [4.78, 5) is 11.3. The molecule has 0 rings (SSSR count). The molecule has 0 amide bonds. The molecular weight excluding hydrogens is 416 g/mol. The van der Waals surface area contributed by atoms with Crippen LogP contribution in [0.1, 0.15) is 188 Å². The largest absolute Gasteiger partial charge is 0.463 e. The van der Waals surface area contributed by atoms with Crippen molar-refractivity contribution in [2.45, 2.75) is 194 Å². The Hall–Kier alpha value is -0.530. The zero-order chi connectivity index (χ0) is 25.1. The van der Waals surface area contributed by atoms with E-state index in [0.717, 1.165) is 18.8 Å². The smallest absolute Gasteiger partial charge is 0.302 e. The first-order valence-electron chi connectivity index (χ1n) is 15.8. The highest BCUT2D eigenvalue weighted by Gasteiger charge is 2.11. The van der Waals surface area contributed by atoms with E-state index in [9.17, 15) is 4.79 Å². The van der Waals surface area contributed by atoms with E-state index in [0.29, 0.717) is 0 Å². The van der Waals surface area contributed by atoms with E-state index < -0.39 is 0 Å². The van der Waals surface area contributed by atoms with Crippen LogP contribution in [0.25, 0.3) is 0 Å². The van der Waals surface area contributed by atoms with E-state index >= 15 is 0 Å². The van der Waals surface area contributed by atoms with Gasteiger partial charge >= 0.3 is 5.97 Å². The Morgan fingerprint density at radius 2 is 0.794 bits per heavy atom. The standard InChI is InChI=1S/C32H64O2/c1-5-7-9-10-11-16-19-23-26-30(3)27-24-20-17-14-12-13-15-18-21-25-29-32(34-31(4)33)28-22-8-6-2/h30,32H,5-29H2,1-4H3/t30?,32-/m0/s1. The van der Waals surface area contributed by atoms with Crippen molar-refractivity contribution in [3.05, 3.63) is 0 Å². The quantitative estimate of drug-likeness (QED) is 0.0862. The fraction of sp³-hybridized carbons (Fsp3) is 0.969. The van der Waals surface area contributed by atoms with Gasteiger partial charge in [-0.05, 0) is 31.6 Å². The number of hydrogen-bond donors (Lipinski definition) is 0. The van der Waals surface area contributed by atoms with Crippen LogP contribution < -0.4 is 0 Å². The second kappa shape index (κ2) is 27.1. The minimum atomic E-state index is -0.112. The number of unbranched alkanes of at least 4 members (excludes halogenated alkanes) is 18. The van der Waals surface area contributed by atoms with Crippen molar-refractivity contribution in [2.24, 2.45) is 5.92 Å². The lowest BCUT2D eigenvalue weighted by atomic mass is 9.95. The molecule has 0 saturated carbocycles. The maximum atomic E-state index is 11.3. The van der Waals surface area contributed by atoms with Crippen LogP contribution in [0.15, 0.2) is 0 Å². The summed E-state index contributed by atoms with van der Waals surface area (Å²) in [6, 6.07) is 0. The van der Waals surface area contributed by atoms with Gasteiger partial charge in [-0.2, -0.15) is 0 Å². The van der Waals surface area contributed by atoms with Gasteiger partial charge in [-0.1, -0.05) is 156 Å². The fourth-order valence-electron chi connectivity index (χ4n) is 5.17. The Kier molecular flexibility index (Phi) is 26.6. The molecule has 34 heavy (non-hydrogen) atoms. The first kappa shape index (κ1) is 33.5. The molecule has 2 heteroatoms. The second-order valence-corrected chi connectivity index (χ2v) is 11.2. The highest BCUT2D eigenvalue weighted by atomic mass is 16.5. The molecule has 2 nitrogen and oxygen atoms in total. The number of esters is 1. The average Bonchev–Trinajstić information content (AvgIpc) is 2.81. The molecule has 0 N–H and O–H groups in total. The molecule has 204 valence electrons. The van der Waals surface area contributed by atoms with Crippen molar-refractivity contribution in [3.8, 4) is 0 Å². The average molecular weight is 481 g/mol. The van der Waals surface area contributed by atoms with E-state index in [1.54, 1.807) is 6.92 Å². The third-order valence-electron chi connectivity index (χ3n) is 7.49. The normalized spacial score (nSPS) is 13.2. The van der Waals surface area contributed by atoms with E-state index in [1.807, 2.05) is 0 Å². The van der Waals surface area contributed by atoms with Crippen molar-refractivity contribution in [1.29, 1.82) is 0 Å². The van der Waals surface area contributed by atoms with E-state index in [4.69, 9.17) is 4.74 Å². The Morgan fingerprint density at radius 3 is 1.18 bits per heavy atom. The van der Waals surface area contributed by atoms with Gasteiger partial charge in [0.2, 0.25) is 0 Å². The fourth-order valence-corrected chi connectivity index (χ4v) is 5.17. The van der Waals surface area contributed by atoms with Crippen LogP contribution in [0.5, 0.6) is 0 Å². The molecule has 0 bridgehead atoms. The van der Waals surface area contributed by atoms with Gasteiger partial charge in [-0.15, -0.1) is 0 Å². The molecule has 0 aliphatic rings. The van der Waals surface area contributed by atoms with Gasteiger partial charge < -0.3 is 4.74 Å². The maximum absolute atomic E-state index is 11.3. The van der Waals surface area contributed by atoms with Gasteiger partial charge in [-0.3, -0.25) is 4.79 Å². The molecule has 0 aliphatic carbocycles. The summed E-state index contributed by atoms with van der Waals surface area (Å²) in [5.74, 6) is 0.826. The summed E-state index contributed by atoms with van der Waals surface area (Å²) in [6.07, 6.45) is 34.2. The third kappa shape index (κ3) is 26.1. The van der Waals surface area contributed by atoms with Gasteiger partial charge in [0, 0.05) is 6.92 Å². The molecule has 0 aromatic carbocycles. The van der Waals surface area contributed by atoms with Gasteiger partial charge in [0.25, 0.3) is 0 Å². The van der Waals surface area contributed by atoms with Crippen LogP contribution >= 0.6 is 0 Å². The molecule has 0 spiro atoms. The first-order valence-corrected chi connectivity index (χ1v) is 15.8. The molecule has 0 heterocycles. The SMILES string of the molecule is CCCCCCCCCCC(C)CCCCCCCCCCCC[C@H](CCCCC)OC(C)=O. The van der Waals surface area contributed by atoms with E-state index in [-0.39, 0.29) is 12.1 Å². The van der Waals surface area contributed by atoms with Crippen LogP contribution in [0.2, 0.25) is 0 Å². The number of ether oxygens (including phenoxy) is 1. The number of carbonyl (C=O) groups is 1. The zero-order valence-corrected chi connectivity index (χ0v) is 24.1. The zero-order valence-electron chi connectivity index (χ0n) is 24.1. The predicted molar refractivity (Wildman–Crippen MR) is 151 cm³/mol. The van der Waals surface area contributed by atoms with Gasteiger partial charge in [0.05, 0.1) is 0 Å². The lowest BCUT2D eigenvalue weighted by Gasteiger charge is -2.16. The van der Waals surface area contributed by atoms with Crippen molar-refractivity contribution in [2.75, 3.05) is 0 Å². The maximum Gasteiger partial charge on any atom is 0.302 e. The van der Waals surface area contributed by atoms with Crippen LogP contribution in [0.3, 0.4) is 0 Å². The lowest BCUT2D eigenvalue weighted by Crippen LogP contribution is -2.16. The summed E-state index contributed by atoms with van der Waals surface area (Å²) in [6.45, 7) is 8.54. The molecular formula is C32H64O2. The van der Waals surface area contributed by atoms with Crippen molar-refractivity contribution in [1.82, 2.24) is 0 Å². The summed E-state index contributed by atoms with van der Waals surface area (Å²) < 4.78 is 5.51. The highest BCUT2D eigenvalue weighted by molar-refractivity contribution is 5.66. The van der Waals surface area contributed by atoms with Crippen molar-refractivity contribution in [3.63, 3.8) is 0 Å². The summed E-state index contributed by atoms with van der Waals surface area (Å²) >= 11 is 0. The summed E-state index contributed by atoms with van der Waals surface area (Å²) in [5.41, 5.74) is 0. The van der Waals surface area contributed by atoms with Gasteiger partial charge in [0.1, 0.15) is 6.10 Å². The minimum Gasteiger partial charge on any atom is -0.463 e.